The largest absolute Gasteiger partial charge is 0.478 e. The molecule has 0 aliphatic rings. The first-order valence-electron chi connectivity index (χ1n) is 6.90. The summed E-state index contributed by atoms with van der Waals surface area (Å²) in [7, 11) is 0. The van der Waals surface area contributed by atoms with E-state index in [1.807, 2.05) is 54.6 Å². The van der Waals surface area contributed by atoms with E-state index in [4.69, 9.17) is 5.11 Å². The number of carboxylic acid groups (broad SMARTS) is 1. The second kappa shape index (κ2) is 6.50. The predicted octanol–water partition coefficient (Wildman–Crippen LogP) is 5.06. The summed E-state index contributed by atoms with van der Waals surface area (Å²) in [6.45, 7) is 0. The zero-order chi connectivity index (χ0) is 15.4. The van der Waals surface area contributed by atoms with Crippen molar-refractivity contribution in [2.45, 2.75) is 4.90 Å². The molecule has 0 radical (unpaired) electrons. The Morgan fingerprint density at radius 2 is 1.55 bits per heavy atom. The zero-order valence-corrected chi connectivity index (χ0v) is 12.6. The van der Waals surface area contributed by atoms with Crippen LogP contribution in [0.2, 0.25) is 0 Å². The predicted molar refractivity (Wildman–Crippen MR) is 91.9 cm³/mol. The Morgan fingerprint density at radius 3 is 2.32 bits per heavy atom. The minimum absolute atomic E-state index is 0.726. The quantitative estimate of drug-likeness (QED) is 0.541. The van der Waals surface area contributed by atoms with Gasteiger partial charge in [-0.15, -0.1) is 0 Å². The van der Waals surface area contributed by atoms with Gasteiger partial charge in [0, 0.05) is 15.9 Å². The van der Waals surface area contributed by atoms with Crippen LogP contribution in [-0.2, 0) is 4.79 Å². The number of carbonyl (C=O) groups is 1. The molecule has 2 nitrogen and oxygen atoms in total. The third-order valence-electron chi connectivity index (χ3n) is 3.28. The Balaban J connectivity index is 2.05. The topological polar surface area (TPSA) is 37.3 Å². The van der Waals surface area contributed by atoms with Gasteiger partial charge in [-0.25, -0.2) is 4.79 Å². The average molecular weight is 306 g/mol. The lowest BCUT2D eigenvalue weighted by molar-refractivity contribution is -0.131. The van der Waals surface area contributed by atoms with Crippen molar-refractivity contribution in [3.05, 3.63) is 84.4 Å². The molecule has 108 valence electrons. The second-order valence-corrected chi connectivity index (χ2v) is 5.88. The number of carboxylic acids is 1. The lowest BCUT2D eigenvalue weighted by Crippen LogP contribution is -1.90. The minimum atomic E-state index is -0.938. The molecule has 0 aliphatic carbocycles. The highest BCUT2D eigenvalue weighted by molar-refractivity contribution is 8.08. The van der Waals surface area contributed by atoms with Crippen molar-refractivity contribution >= 4 is 33.4 Å². The number of rotatable bonds is 4. The van der Waals surface area contributed by atoms with Crippen LogP contribution in [0, 0.1) is 0 Å². The van der Waals surface area contributed by atoms with Crippen molar-refractivity contribution in [3.63, 3.8) is 0 Å². The average Bonchev–Trinajstić information content (AvgIpc) is 2.55. The highest BCUT2D eigenvalue weighted by atomic mass is 32.2. The van der Waals surface area contributed by atoms with Crippen LogP contribution in [-0.4, -0.2) is 11.1 Å². The maximum atomic E-state index is 11.1. The Bertz CT molecular complexity index is 833. The summed E-state index contributed by atoms with van der Waals surface area (Å²) >= 11 is 1.48. The zero-order valence-electron chi connectivity index (χ0n) is 11.8. The Hall–Kier alpha value is -2.52. The molecule has 0 aromatic heterocycles. The van der Waals surface area contributed by atoms with Gasteiger partial charge in [-0.05, 0) is 22.4 Å². The molecule has 1 N–H and O–H groups in total. The van der Waals surface area contributed by atoms with Crippen molar-refractivity contribution in [2.24, 2.45) is 0 Å². The molecule has 0 fully saturated rings. The third kappa shape index (κ3) is 3.21. The Morgan fingerprint density at radius 1 is 0.864 bits per heavy atom. The molecule has 0 saturated carbocycles. The van der Waals surface area contributed by atoms with E-state index >= 15 is 0 Å². The summed E-state index contributed by atoms with van der Waals surface area (Å²) in [5, 5.41) is 11.4. The first kappa shape index (κ1) is 14.4. The molecule has 3 aromatic carbocycles. The molecule has 0 unspecified atom stereocenters. The number of fused-ring (bicyclic) bond motifs is 1. The monoisotopic (exact) mass is 306 g/mol. The van der Waals surface area contributed by atoms with Crippen molar-refractivity contribution < 1.29 is 9.90 Å². The molecular weight excluding hydrogens is 292 g/mol. The molecule has 0 spiro atoms. The fourth-order valence-electron chi connectivity index (χ4n) is 2.29. The van der Waals surface area contributed by atoms with Crippen LogP contribution < -0.4 is 0 Å². The fourth-order valence-corrected chi connectivity index (χ4v) is 3.38. The molecule has 3 aromatic rings. The van der Waals surface area contributed by atoms with Crippen LogP contribution >= 0.6 is 11.8 Å². The molecule has 0 heterocycles. The van der Waals surface area contributed by atoms with Crippen LogP contribution in [0.3, 0.4) is 0 Å². The Labute approximate surface area is 133 Å². The number of hydrogen-bond donors (Lipinski definition) is 1. The number of aliphatic carboxylic acids is 1. The molecule has 3 heteroatoms. The summed E-state index contributed by atoms with van der Waals surface area (Å²) in [6.07, 6.45) is 1.27. The van der Waals surface area contributed by atoms with Gasteiger partial charge in [0.25, 0.3) is 0 Å². The summed E-state index contributed by atoms with van der Waals surface area (Å²) in [5.74, 6) is -0.938. The highest BCUT2D eigenvalue weighted by Gasteiger charge is 2.09. The van der Waals surface area contributed by atoms with Crippen LogP contribution in [0.25, 0.3) is 15.7 Å². The van der Waals surface area contributed by atoms with E-state index in [9.17, 15) is 4.79 Å². The van der Waals surface area contributed by atoms with Gasteiger partial charge in [-0.2, -0.15) is 0 Å². The van der Waals surface area contributed by atoms with Crippen LogP contribution in [0.1, 0.15) is 5.56 Å². The first-order chi connectivity index (χ1) is 10.7. The van der Waals surface area contributed by atoms with Gasteiger partial charge >= 0.3 is 5.97 Å². The highest BCUT2D eigenvalue weighted by Crippen LogP contribution is 2.37. The fraction of sp³-hybridized carbons (Fsp3) is 0. The van der Waals surface area contributed by atoms with E-state index in [0.29, 0.717) is 0 Å². The third-order valence-corrected chi connectivity index (χ3v) is 4.43. The van der Waals surface area contributed by atoms with Gasteiger partial charge < -0.3 is 5.11 Å². The number of hydrogen-bond acceptors (Lipinski definition) is 2. The van der Waals surface area contributed by atoms with Crippen LogP contribution in [0.4, 0.5) is 0 Å². The minimum Gasteiger partial charge on any atom is -0.478 e. The van der Waals surface area contributed by atoms with Crippen molar-refractivity contribution in [2.75, 3.05) is 0 Å². The maximum absolute atomic E-state index is 11.1. The maximum Gasteiger partial charge on any atom is 0.329 e. The van der Waals surface area contributed by atoms with Crippen molar-refractivity contribution in [1.29, 1.82) is 0 Å². The van der Waals surface area contributed by atoms with Gasteiger partial charge in [-0.3, -0.25) is 0 Å². The van der Waals surface area contributed by atoms with E-state index < -0.39 is 5.97 Å². The molecule has 0 saturated heterocycles. The number of thioether (sulfide) groups is 1. The molecule has 0 bridgehead atoms. The van der Waals surface area contributed by atoms with E-state index in [0.717, 1.165) is 26.1 Å². The lowest BCUT2D eigenvalue weighted by Gasteiger charge is -2.09. The van der Waals surface area contributed by atoms with Gasteiger partial charge in [0.2, 0.25) is 0 Å². The van der Waals surface area contributed by atoms with Gasteiger partial charge in [-0.1, -0.05) is 78.5 Å². The van der Waals surface area contributed by atoms with Crippen molar-refractivity contribution in [3.8, 4) is 0 Å². The molecule has 0 aliphatic heterocycles. The molecule has 0 amide bonds. The Kier molecular flexibility index (Phi) is 4.26. The van der Waals surface area contributed by atoms with Crippen LogP contribution in [0.15, 0.2) is 83.8 Å². The smallest absolute Gasteiger partial charge is 0.329 e. The summed E-state index contributed by atoms with van der Waals surface area (Å²) in [4.78, 5) is 12.9. The van der Waals surface area contributed by atoms with E-state index in [2.05, 4.69) is 18.2 Å². The van der Waals surface area contributed by atoms with Gasteiger partial charge in [0.1, 0.15) is 0 Å². The standard InChI is InChI=1S/C19H14O2S/c20-19(21)13-18(15-8-2-1-3-9-15)22-17-12-6-10-14-7-4-5-11-16(14)17/h1-13H,(H,20,21)/b18-13+. The molecule has 22 heavy (non-hydrogen) atoms. The molecule has 0 atom stereocenters. The van der Waals surface area contributed by atoms with Crippen molar-refractivity contribution in [1.82, 2.24) is 0 Å². The first-order valence-corrected chi connectivity index (χ1v) is 7.71. The SMILES string of the molecule is O=C(O)/C=C(/Sc1cccc2ccccc12)c1ccccc1. The normalized spacial score (nSPS) is 11.5. The molecule has 3 rings (SSSR count). The summed E-state index contributed by atoms with van der Waals surface area (Å²) < 4.78 is 0. The van der Waals surface area contributed by atoms with Gasteiger partial charge in [0.05, 0.1) is 0 Å². The summed E-state index contributed by atoms with van der Waals surface area (Å²) in [6, 6.07) is 23.8. The van der Waals surface area contributed by atoms with Crippen LogP contribution in [0.5, 0.6) is 0 Å². The second-order valence-electron chi connectivity index (χ2n) is 4.79. The summed E-state index contributed by atoms with van der Waals surface area (Å²) in [5.41, 5.74) is 0.905. The van der Waals surface area contributed by atoms with E-state index in [1.165, 1.54) is 17.8 Å². The molecular formula is C19H14O2S. The van der Waals surface area contributed by atoms with Gasteiger partial charge in [0.15, 0.2) is 0 Å². The van der Waals surface area contributed by atoms with E-state index in [-0.39, 0.29) is 0 Å². The van der Waals surface area contributed by atoms with E-state index in [1.54, 1.807) is 0 Å². The lowest BCUT2D eigenvalue weighted by atomic mass is 10.1. The number of benzene rings is 3.